The molecular formula is C21H32O4. The first-order valence-electron chi connectivity index (χ1n) is 9.81. The van der Waals surface area contributed by atoms with Gasteiger partial charge in [-0.05, 0) is 44.4 Å². The highest BCUT2D eigenvalue weighted by molar-refractivity contribution is 5.88. The number of aliphatic carboxylic acids is 1. The van der Waals surface area contributed by atoms with Gasteiger partial charge in [0.1, 0.15) is 5.78 Å². The number of rotatable bonds is 9. The maximum atomic E-state index is 12.0. The molecule has 2 atom stereocenters. The monoisotopic (exact) mass is 348 g/mol. The molecule has 2 aliphatic rings. The average Bonchev–Trinajstić information content (AvgIpc) is 2.95. The highest BCUT2D eigenvalue weighted by Crippen LogP contribution is 2.36. The molecular weight excluding hydrogens is 316 g/mol. The van der Waals surface area contributed by atoms with Gasteiger partial charge in [-0.3, -0.25) is 4.79 Å². The first kappa shape index (κ1) is 19.9. The van der Waals surface area contributed by atoms with Crippen LogP contribution in [0.25, 0.3) is 0 Å². The number of Topliss-reactive ketones (excluding diaryl/α,β-unsaturated/α-hetero) is 1. The summed E-state index contributed by atoms with van der Waals surface area (Å²) < 4.78 is 0. The zero-order valence-corrected chi connectivity index (χ0v) is 15.4. The summed E-state index contributed by atoms with van der Waals surface area (Å²) in [5.74, 6) is -0.931. The van der Waals surface area contributed by atoms with Gasteiger partial charge in [-0.25, -0.2) is 4.79 Å². The van der Waals surface area contributed by atoms with Crippen LogP contribution < -0.4 is 0 Å². The molecule has 4 heteroatoms. The highest BCUT2D eigenvalue weighted by Gasteiger charge is 2.43. The SMILES string of the molecule is CCCC1=CCC(=O)[C@@H]1CC=CCCC(O)(C(=O)O)C1CCCCC1. The van der Waals surface area contributed by atoms with E-state index in [1.807, 2.05) is 12.2 Å². The standard InChI is InChI=1S/C21H32O4/c1-2-9-16-13-14-19(22)18(16)12-7-4-8-15-21(25,20(23)24)17-10-5-3-6-11-17/h4,7,13,17-18,25H,2-3,5-6,8-12,14-15H2,1H3,(H,23,24)/t18-,21?/m1/s1. The predicted octanol–water partition coefficient (Wildman–Crippen LogP) is 4.42. The zero-order chi connectivity index (χ0) is 18.3. The molecule has 2 N–H and O–H groups in total. The van der Waals surface area contributed by atoms with E-state index in [0.29, 0.717) is 19.3 Å². The Morgan fingerprint density at radius 2 is 2.00 bits per heavy atom. The van der Waals surface area contributed by atoms with Crippen LogP contribution in [0.2, 0.25) is 0 Å². The Labute approximate surface area is 151 Å². The minimum absolute atomic E-state index is 0.00732. The molecule has 2 rings (SSSR count). The number of carboxylic acid groups (broad SMARTS) is 1. The van der Waals surface area contributed by atoms with Crippen molar-refractivity contribution in [2.45, 2.75) is 83.2 Å². The summed E-state index contributed by atoms with van der Waals surface area (Å²) in [6.07, 6.45) is 14.8. The smallest absolute Gasteiger partial charge is 0.335 e. The first-order valence-corrected chi connectivity index (χ1v) is 9.81. The van der Waals surface area contributed by atoms with E-state index >= 15 is 0 Å². The van der Waals surface area contributed by atoms with Gasteiger partial charge in [0.2, 0.25) is 0 Å². The van der Waals surface area contributed by atoms with Crippen molar-refractivity contribution < 1.29 is 19.8 Å². The topological polar surface area (TPSA) is 74.6 Å². The first-order chi connectivity index (χ1) is 12.0. The molecule has 0 aliphatic heterocycles. The quantitative estimate of drug-likeness (QED) is 0.605. The number of ketones is 1. The number of carbonyl (C=O) groups is 2. The minimum Gasteiger partial charge on any atom is -0.479 e. The molecule has 140 valence electrons. The van der Waals surface area contributed by atoms with Crippen LogP contribution in [0, 0.1) is 11.8 Å². The van der Waals surface area contributed by atoms with Crippen molar-refractivity contribution in [2.24, 2.45) is 11.8 Å². The fourth-order valence-corrected chi connectivity index (χ4v) is 4.29. The maximum Gasteiger partial charge on any atom is 0.335 e. The van der Waals surface area contributed by atoms with Crippen LogP contribution >= 0.6 is 0 Å². The summed E-state index contributed by atoms with van der Waals surface area (Å²) >= 11 is 0. The normalized spacial score (nSPS) is 24.5. The number of carbonyl (C=O) groups excluding carboxylic acids is 1. The summed E-state index contributed by atoms with van der Waals surface area (Å²) in [4.78, 5) is 23.6. The second kappa shape index (κ2) is 9.33. The van der Waals surface area contributed by atoms with Gasteiger partial charge in [-0.1, -0.05) is 56.4 Å². The van der Waals surface area contributed by atoms with Gasteiger partial charge in [0, 0.05) is 12.3 Å². The van der Waals surface area contributed by atoms with Crippen molar-refractivity contribution in [1.82, 2.24) is 0 Å². The van der Waals surface area contributed by atoms with Gasteiger partial charge in [-0.2, -0.15) is 0 Å². The predicted molar refractivity (Wildman–Crippen MR) is 98.3 cm³/mol. The van der Waals surface area contributed by atoms with Crippen molar-refractivity contribution in [3.63, 3.8) is 0 Å². The molecule has 1 unspecified atom stereocenters. The van der Waals surface area contributed by atoms with Crippen molar-refractivity contribution in [3.8, 4) is 0 Å². The molecule has 0 heterocycles. The lowest BCUT2D eigenvalue weighted by molar-refractivity contribution is -0.167. The van der Waals surface area contributed by atoms with Gasteiger partial charge in [0.15, 0.2) is 5.60 Å². The number of hydrogen-bond acceptors (Lipinski definition) is 3. The molecule has 0 saturated heterocycles. The summed E-state index contributed by atoms with van der Waals surface area (Å²) in [5.41, 5.74) is -0.359. The van der Waals surface area contributed by atoms with E-state index in [1.165, 1.54) is 5.57 Å². The second-order valence-corrected chi connectivity index (χ2v) is 7.56. The summed E-state index contributed by atoms with van der Waals surface area (Å²) in [6, 6.07) is 0. The van der Waals surface area contributed by atoms with Gasteiger partial charge in [-0.15, -0.1) is 0 Å². The number of hydrogen-bond donors (Lipinski definition) is 2. The van der Waals surface area contributed by atoms with E-state index < -0.39 is 11.6 Å². The van der Waals surface area contributed by atoms with E-state index in [-0.39, 0.29) is 24.0 Å². The molecule has 0 aromatic carbocycles. The molecule has 25 heavy (non-hydrogen) atoms. The molecule has 0 amide bonds. The van der Waals surface area contributed by atoms with Crippen molar-refractivity contribution >= 4 is 11.8 Å². The number of aliphatic hydroxyl groups is 1. The van der Waals surface area contributed by atoms with E-state index in [2.05, 4.69) is 13.0 Å². The second-order valence-electron chi connectivity index (χ2n) is 7.56. The van der Waals surface area contributed by atoms with Gasteiger partial charge in [0.05, 0.1) is 0 Å². The van der Waals surface area contributed by atoms with Crippen LogP contribution in [-0.4, -0.2) is 27.6 Å². The van der Waals surface area contributed by atoms with Gasteiger partial charge >= 0.3 is 5.97 Å². The van der Waals surface area contributed by atoms with Crippen LogP contribution in [0.1, 0.15) is 77.6 Å². The molecule has 0 bridgehead atoms. The van der Waals surface area contributed by atoms with E-state index in [4.69, 9.17) is 0 Å². The number of allylic oxidation sites excluding steroid dienone is 4. The van der Waals surface area contributed by atoms with Crippen LogP contribution in [0.15, 0.2) is 23.8 Å². The minimum atomic E-state index is -1.61. The maximum absolute atomic E-state index is 12.0. The highest BCUT2D eigenvalue weighted by atomic mass is 16.4. The van der Waals surface area contributed by atoms with E-state index in [0.717, 1.165) is 44.9 Å². The molecule has 0 aromatic heterocycles. The van der Waals surface area contributed by atoms with E-state index in [9.17, 15) is 19.8 Å². The van der Waals surface area contributed by atoms with Crippen LogP contribution in [0.5, 0.6) is 0 Å². The largest absolute Gasteiger partial charge is 0.479 e. The molecule has 2 aliphatic carbocycles. The third-order valence-electron chi connectivity index (χ3n) is 5.82. The van der Waals surface area contributed by atoms with Gasteiger partial charge in [0.25, 0.3) is 0 Å². The summed E-state index contributed by atoms with van der Waals surface area (Å²) in [5, 5.41) is 20.2. The van der Waals surface area contributed by atoms with Crippen molar-refractivity contribution in [1.29, 1.82) is 0 Å². The Balaban J connectivity index is 1.85. The third-order valence-corrected chi connectivity index (χ3v) is 5.82. The third kappa shape index (κ3) is 5.04. The van der Waals surface area contributed by atoms with Crippen LogP contribution in [0.4, 0.5) is 0 Å². The average molecular weight is 348 g/mol. The Kier molecular flexibility index (Phi) is 7.42. The van der Waals surface area contributed by atoms with Crippen molar-refractivity contribution in [3.05, 3.63) is 23.8 Å². The van der Waals surface area contributed by atoms with Crippen molar-refractivity contribution in [2.75, 3.05) is 0 Å². The Hall–Kier alpha value is -1.42. The van der Waals surface area contributed by atoms with Crippen LogP contribution in [0.3, 0.4) is 0 Å². The Bertz CT molecular complexity index is 528. The molecule has 0 spiro atoms. The molecule has 1 fully saturated rings. The van der Waals surface area contributed by atoms with Crippen LogP contribution in [-0.2, 0) is 9.59 Å². The zero-order valence-electron chi connectivity index (χ0n) is 15.4. The van der Waals surface area contributed by atoms with E-state index in [1.54, 1.807) is 0 Å². The lowest BCUT2D eigenvalue weighted by atomic mass is 9.74. The molecule has 1 saturated carbocycles. The Morgan fingerprint density at radius 3 is 2.64 bits per heavy atom. The fourth-order valence-electron chi connectivity index (χ4n) is 4.29. The Morgan fingerprint density at radius 1 is 1.28 bits per heavy atom. The van der Waals surface area contributed by atoms with Gasteiger partial charge < -0.3 is 10.2 Å². The molecule has 0 aromatic rings. The fraction of sp³-hybridized carbons (Fsp3) is 0.714. The summed E-state index contributed by atoms with van der Waals surface area (Å²) in [6.45, 7) is 2.12. The lowest BCUT2D eigenvalue weighted by Gasteiger charge is -2.34. The molecule has 4 nitrogen and oxygen atoms in total. The number of carboxylic acids is 1. The molecule has 0 radical (unpaired) electrons. The summed E-state index contributed by atoms with van der Waals surface area (Å²) in [7, 11) is 0. The lowest BCUT2D eigenvalue weighted by Crippen LogP contribution is -2.46.